The summed E-state index contributed by atoms with van der Waals surface area (Å²) in [7, 11) is 0. The molecule has 2 aromatic rings. The molecule has 22 heavy (non-hydrogen) atoms. The lowest BCUT2D eigenvalue weighted by molar-refractivity contribution is 0.0524. The molecule has 0 atom stereocenters. The number of hydrogen-bond acceptors (Lipinski definition) is 4. The second-order valence-corrected chi connectivity index (χ2v) is 5.58. The largest absolute Gasteiger partial charge is 0.462 e. The van der Waals surface area contributed by atoms with Gasteiger partial charge in [0.05, 0.1) is 17.9 Å². The van der Waals surface area contributed by atoms with Crippen LogP contribution in [0.4, 0.5) is 11.5 Å². The molecule has 4 nitrogen and oxygen atoms in total. The van der Waals surface area contributed by atoms with E-state index in [1.54, 1.807) is 19.1 Å². The number of carbonyl (C=O) groups excluding carboxylic acids is 1. The first kappa shape index (κ1) is 16.3. The molecule has 1 aromatic carbocycles. The van der Waals surface area contributed by atoms with E-state index in [9.17, 15) is 4.79 Å². The van der Waals surface area contributed by atoms with Crippen molar-refractivity contribution in [2.75, 3.05) is 11.9 Å². The molecule has 0 aliphatic heterocycles. The van der Waals surface area contributed by atoms with Crippen molar-refractivity contribution in [3.05, 3.63) is 52.7 Å². The first-order chi connectivity index (χ1) is 10.5. The Hall–Kier alpha value is -2.07. The number of anilines is 2. The zero-order valence-corrected chi connectivity index (χ0v) is 13.6. The van der Waals surface area contributed by atoms with Crippen LogP contribution in [0.5, 0.6) is 0 Å². The molecule has 0 aliphatic rings. The van der Waals surface area contributed by atoms with Gasteiger partial charge in [-0.15, -0.1) is 0 Å². The monoisotopic (exact) mass is 318 g/mol. The van der Waals surface area contributed by atoms with Crippen LogP contribution in [0, 0.1) is 0 Å². The Morgan fingerprint density at radius 3 is 2.73 bits per heavy atom. The highest BCUT2D eigenvalue weighted by atomic mass is 35.5. The van der Waals surface area contributed by atoms with Crippen LogP contribution < -0.4 is 5.32 Å². The van der Waals surface area contributed by atoms with E-state index in [0.717, 1.165) is 5.69 Å². The number of halogens is 1. The number of nitrogens with zero attached hydrogens (tertiary/aromatic N) is 1. The van der Waals surface area contributed by atoms with Gasteiger partial charge < -0.3 is 10.1 Å². The molecule has 5 heteroatoms. The third-order valence-corrected chi connectivity index (χ3v) is 3.30. The zero-order valence-electron chi connectivity index (χ0n) is 12.9. The van der Waals surface area contributed by atoms with Crippen LogP contribution in [0.2, 0.25) is 5.02 Å². The molecule has 2 rings (SSSR count). The Kier molecular flexibility index (Phi) is 5.39. The van der Waals surface area contributed by atoms with Gasteiger partial charge in [-0.05, 0) is 43.2 Å². The molecular formula is C17H19ClN2O2. The molecule has 1 N–H and O–H groups in total. The summed E-state index contributed by atoms with van der Waals surface area (Å²) in [6.45, 7) is 6.12. The minimum Gasteiger partial charge on any atom is -0.462 e. The van der Waals surface area contributed by atoms with Gasteiger partial charge in [-0.1, -0.05) is 31.5 Å². The van der Waals surface area contributed by atoms with Gasteiger partial charge in [0, 0.05) is 10.7 Å². The average Bonchev–Trinajstić information content (AvgIpc) is 2.47. The molecule has 0 amide bonds. The van der Waals surface area contributed by atoms with E-state index < -0.39 is 0 Å². The fourth-order valence-corrected chi connectivity index (χ4v) is 2.27. The Balaban J connectivity index is 2.31. The second-order valence-electron chi connectivity index (χ2n) is 5.14. The molecule has 0 fully saturated rings. The first-order valence-electron chi connectivity index (χ1n) is 7.22. The van der Waals surface area contributed by atoms with E-state index in [1.165, 1.54) is 0 Å². The number of carbonyl (C=O) groups is 1. The number of ether oxygens (including phenoxy) is 1. The number of nitrogens with one attached hydrogen (secondary N) is 1. The number of aromatic nitrogens is 1. The molecule has 0 radical (unpaired) electrons. The topological polar surface area (TPSA) is 51.2 Å². The van der Waals surface area contributed by atoms with Gasteiger partial charge >= 0.3 is 5.97 Å². The van der Waals surface area contributed by atoms with Crippen LogP contribution in [0.3, 0.4) is 0 Å². The van der Waals surface area contributed by atoms with Crippen molar-refractivity contribution in [2.24, 2.45) is 0 Å². The van der Waals surface area contributed by atoms with Crippen molar-refractivity contribution in [3.63, 3.8) is 0 Å². The van der Waals surface area contributed by atoms with Crippen molar-refractivity contribution < 1.29 is 9.53 Å². The SMILES string of the molecule is CCOC(=O)c1ccc(Nc2cccc(Cl)c2)nc1C(C)C. The van der Waals surface area contributed by atoms with Crippen LogP contribution in [-0.2, 0) is 4.74 Å². The molecular weight excluding hydrogens is 300 g/mol. The predicted molar refractivity (Wildman–Crippen MR) is 89.0 cm³/mol. The molecule has 0 unspecified atom stereocenters. The number of hydrogen-bond donors (Lipinski definition) is 1. The lowest BCUT2D eigenvalue weighted by atomic mass is 10.0. The fourth-order valence-electron chi connectivity index (χ4n) is 2.08. The fraction of sp³-hybridized carbons (Fsp3) is 0.294. The highest BCUT2D eigenvalue weighted by Gasteiger charge is 2.17. The summed E-state index contributed by atoms with van der Waals surface area (Å²) >= 11 is 5.97. The summed E-state index contributed by atoms with van der Waals surface area (Å²) in [5.41, 5.74) is 2.07. The van der Waals surface area contributed by atoms with Crippen molar-refractivity contribution in [1.82, 2.24) is 4.98 Å². The lowest BCUT2D eigenvalue weighted by Crippen LogP contribution is -2.11. The van der Waals surface area contributed by atoms with Crippen molar-refractivity contribution >= 4 is 29.1 Å². The Labute approximate surface area is 135 Å². The van der Waals surface area contributed by atoms with E-state index in [1.807, 2.05) is 38.1 Å². The lowest BCUT2D eigenvalue weighted by Gasteiger charge is -2.14. The van der Waals surface area contributed by atoms with Gasteiger partial charge in [-0.25, -0.2) is 9.78 Å². The first-order valence-corrected chi connectivity index (χ1v) is 7.59. The van der Waals surface area contributed by atoms with E-state index in [0.29, 0.717) is 28.7 Å². The van der Waals surface area contributed by atoms with Crippen LogP contribution in [-0.4, -0.2) is 17.6 Å². The second kappa shape index (κ2) is 7.27. The summed E-state index contributed by atoms with van der Waals surface area (Å²) in [6, 6.07) is 10.9. The van der Waals surface area contributed by atoms with E-state index in [2.05, 4.69) is 10.3 Å². The molecule has 0 bridgehead atoms. The van der Waals surface area contributed by atoms with E-state index in [-0.39, 0.29) is 11.9 Å². The van der Waals surface area contributed by atoms with Crippen LogP contribution in [0.25, 0.3) is 0 Å². The molecule has 1 aromatic heterocycles. The van der Waals surface area contributed by atoms with Gasteiger partial charge in [-0.2, -0.15) is 0 Å². The van der Waals surface area contributed by atoms with Gasteiger partial charge in [0.1, 0.15) is 5.82 Å². The Morgan fingerprint density at radius 2 is 2.09 bits per heavy atom. The maximum atomic E-state index is 12.0. The smallest absolute Gasteiger partial charge is 0.339 e. The third kappa shape index (κ3) is 3.98. The van der Waals surface area contributed by atoms with Crippen molar-refractivity contribution in [2.45, 2.75) is 26.7 Å². The molecule has 116 valence electrons. The Bertz CT molecular complexity index is 671. The Morgan fingerprint density at radius 1 is 1.32 bits per heavy atom. The molecule has 0 saturated heterocycles. The number of esters is 1. The summed E-state index contributed by atoms with van der Waals surface area (Å²) in [5, 5.41) is 3.84. The average molecular weight is 319 g/mol. The highest BCUT2D eigenvalue weighted by Crippen LogP contribution is 2.24. The summed E-state index contributed by atoms with van der Waals surface area (Å²) in [4.78, 5) is 16.5. The normalized spacial score (nSPS) is 10.6. The summed E-state index contributed by atoms with van der Waals surface area (Å²) in [6.07, 6.45) is 0. The molecule has 0 saturated carbocycles. The number of rotatable bonds is 5. The van der Waals surface area contributed by atoms with Crippen LogP contribution >= 0.6 is 11.6 Å². The van der Waals surface area contributed by atoms with Crippen LogP contribution in [0.1, 0.15) is 42.7 Å². The van der Waals surface area contributed by atoms with Crippen molar-refractivity contribution in [3.8, 4) is 0 Å². The maximum absolute atomic E-state index is 12.0. The van der Waals surface area contributed by atoms with E-state index in [4.69, 9.17) is 16.3 Å². The molecule has 1 heterocycles. The summed E-state index contributed by atoms with van der Waals surface area (Å²) in [5.74, 6) is 0.438. The zero-order chi connectivity index (χ0) is 16.1. The van der Waals surface area contributed by atoms with Gasteiger partial charge in [0.15, 0.2) is 0 Å². The minimum absolute atomic E-state index is 0.112. The van der Waals surface area contributed by atoms with Crippen molar-refractivity contribution in [1.29, 1.82) is 0 Å². The van der Waals surface area contributed by atoms with Gasteiger partial charge in [-0.3, -0.25) is 0 Å². The maximum Gasteiger partial charge on any atom is 0.339 e. The minimum atomic E-state index is -0.340. The quantitative estimate of drug-likeness (QED) is 0.806. The predicted octanol–water partition coefficient (Wildman–Crippen LogP) is 4.78. The molecule has 0 spiro atoms. The standard InChI is InChI=1S/C17H19ClN2O2/c1-4-22-17(21)14-8-9-15(20-16(14)11(2)3)19-13-7-5-6-12(18)10-13/h5-11H,4H2,1-3H3,(H,19,20). The van der Waals surface area contributed by atoms with Gasteiger partial charge in [0.25, 0.3) is 0 Å². The van der Waals surface area contributed by atoms with Gasteiger partial charge in [0.2, 0.25) is 0 Å². The number of benzene rings is 1. The number of pyridine rings is 1. The molecule has 0 aliphatic carbocycles. The third-order valence-electron chi connectivity index (χ3n) is 3.06. The van der Waals surface area contributed by atoms with Crippen LogP contribution in [0.15, 0.2) is 36.4 Å². The summed E-state index contributed by atoms with van der Waals surface area (Å²) < 4.78 is 5.08. The van der Waals surface area contributed by atoms with E-state index >= 15 is 0 Å². The highest BCUT2D eigenvalue weighted by molar-refractivity contribution is 6.30.